The number of carboxylic acids is 1. The van der Waals surface area contributed by atoms with Crippen LogP contribution in [0.2, 0.25) is 0 Å². The molecule has 2 amide bonds. The summed E-state index contributed by atoms with van der Waals surface area (Å²) in [5.41, 5.74) is 1.26. The lowest BCUT2D eigenvalue weighted by Crippen LogP contribution is -2.70. The monoisotopic (exact) mass is 449 g/mol. The van der Waals surface area contributed by atoms with Gasteiger partial charge < -0.3 is 15.2 Å². The van der Waals surface area contributed by atoms with Crippen LogP contribution in [0.3, 0.4) is 0 Å². The number of nitrogens with one attached hydrogen (secondary N) is 1. The number of aliphatic carboxylic acids is 1. The molecule has 2 aliphatic heterocycles. The van der Waals surface area contributed by atoms with Crippen molar-refractivity contribution >= 4 is 35.4 Å². The van der Waals surface area contributed by atoms with Crippen molar-refractivity contribution in [1.29, 1.82) is 0 Å². The summed E-state index contributed by atoms with van der Waals surface area (Å²) in [6.07, 6.45) is 2.69. The highest BCUT2D eigenvalue weighted by Gasteiger charge is 2.54. The Morgan fingerprint density at radius 2 is 2.03 bits per heavy atom. The first kappa shape index (κ1) is 22.6. The van der Waals surface area contributed by atoms with Gasteiger partial charge in [0.25, 0.3) is 11.6 Å². The zero-order valence-corrected chi connectivity index (χ0v) is 17.7. The average Bonchev–Trinajstić information content (AvgIpc) is 2.75. The number of carbonyl (C=O) groups is 3. The molecule has 2 atom stereocenters. The van der Waals surface area contributed by atoms with Gasteiger partial charge in [0, 0.05) is 17.9 Å². The molecule has 10 nitrogen and oxygen atoms in total. The SMILES string of the molecule is CCCCCC1=C(C(=O)O)N2C(=O)C(NC(=O)OCc3ccc([N+](=O)[O-])cc3)[C@H]2SC1. The van der Waals surface area contributed by atoms with E-state index in [1.807, 2.05) is 0 Å². The number of hydrogen-bond donors (Lipinski definition) is 2. The van der Waals surface area contributed by atoms with Crippen molar-refractivity contribution in [3.8, 4) is 0 Å². The summed E-state index contributed by atoms with van der Waals surface area (Å²) in [6.45, 7) is 1.95. The van der Waals surface area contributed by atoms with Crippen molar-refractivity contribution in [2.24, 2.45) is 0 Å². The summed E-state index contributed by atoms with van der Waals surface area (Å²) in [5.74, 6) is -1.12. The van der Waals surface area contributed by atoms with E-state index in [4.69, 9.17) is 4.74 Å². The van der Waals surface area contributed by atoms with Gasteiger partial charge >= 0.3 is 12.1 Å². The van der Waals surface area contributed by atoms with Gasteiger partial charge in [0.15, 0.2) is 0 Å². The highest BCUT2D eigenvalue weighted by atomic mass is 32.2. The summed E-state index contributed by atoms with van der Waals surface area (Å²) < 4.78 is 5.10. The minimum Gasteiger partial charge on any atom is -0.477 e. The van der Waals surface area contributed by atoms with Crippen LogP contribution in [0.15, 0.2) is 35.5 Å². The van der Waals surface area contributed by atoms with E-state index in [9.17, 15) is 29.6 Å². The number of unbranched alkanes of at least 4 members (excludes halogenated alkanes) is 2. The molecular formula is C20H23N3O7S. The molecule has 11 heteroatoms. The van der Waals surface area contributed by atoms with Crippen molar-refractivity contribution in [3.05, 3.63) is 51.2 Å². The smallest absolute Gasteiger partial charge is 0.408 e. The first-order chi connectivity index (χ1) is 14.8. The third-order valence-corrected chi connectivity index (χ3v) is 6.46. The Bertz CT molecular complexity index is 916. The lowest BCUT2D eigenvalue weighted by molar-refractivity contribution is -0.384. The number of carboxylic acid groups (broad SMARTS) is 1. The molecule has 0 saturated carbocycles. The number of β-lactam (4-membered cyclic amide) rings is 1. The van der Waals surface area contributed by atoms with E-state index in [-0.39, 0.29) is 18.0 Å². The van der Waals surface area contributed by atoms with E-state index in [0.717, 1.165) is 24.8 Å². The van der Waals surface area contributed by atoms with Gasteiger partial charge in [0.1, 0.15) is 23.7 Å². The largest absolute Gasteiger partial charge is 0.477 e. The Morgan fingerprint density at radius 1 is 1.32 bits per heavy atom. The first-order valence-corrected chi connectivity index (χ1v) is 10.9. The number of non-ortho nitro benzene ring substituents is 1. The van der Waals surface area contributed by atoms with Gasteiger partial charge in [-0.05, 0) is 36.1 Å². The van der Waals surface area contributed by atoms with Crippen LogP contribution in [0, 0.1) is 10.1 Å². The van der Waals surface area contributed by atoms with Crippen LogP contribution in [0.25, 0.3) is 0 Å². The minimum absolute atomic E-state index is 0.0298. The zero-order valence-electron chi connectivity index (χ0n) is 16.9. The maximum atomic E-state index is 12.6. The fraction of sp³-hybridized carbons (Fsp3) is 0.450. The molecule has 1 fully saturated rings. The van der Waals surface area contributed by atoms with Crippen molar-refractivity contribution in [1.82, 2.24) is 10.2 Å². The molecule has 0 spiro atoms. The van der Waals surface area contributed by atoms with Crippen LogP contribution in [-0.4, -0.2) is 50.1 Å². The summed E-state index contributed by atoms with van der Waals surface area (Å²) in [7, 11) is 0. The summed E-state index contributed by atoms with van der Waals surface area (Å²) >= 11 is 1.42. The molecule has 2 heterocycles. The molecule has 1 aromatic rings. The van der Waals surface area contributed by atoms with E-state index in [0.29, 0.717) is 17.7 Å². The third-order valence-electron chi connectivity index (χ3n) is 5.12. The second-order valence-corrected chi connectivity index (χ2v) is 8.35. The molecule has 2 aliphatic rings. The topological polar surface area (TPSA) is 139 Å². The van der Waals surface area contributed by atoms with E-state index in [2.05, 4.69) is 12.2 Å². The van der Waals surface area contributed by atoms with Crippen molar-refractivity contribution in [3.63, 3.8) is 0 Å². The number of nitro benzene ring substituents is 1. The van der Waals surface area contributed by atoms with E-state index >= 15 is 0 Å². The van der Waals surface area contributed by atoms with Gasteiger partial charge in [-0.1, -0.05) is 19.8 Å². The van der Waals surface area contributed by atoms with Crippen molar-refractivity contribution < 1.29 is 29.2 Å². The van der Waals surface area contributed by atoms with E-state index in [1.165, 1.54) is 40.9 Å². The molecule has 0 aromatic heterocycles. The second kappa shape index (κ2) is 9.82. The molecule has 1 aromatic carbocycles. The number of nitro groups is 1. The molecular weight excluding hydrogens is 426 g/mol. The number of rotatable bonds is 9. The first-order valence-electron chi connectivity index (χ1n) is 9.90. The summed E-state index contributed by atoms with van der Waals surface area (Å²) in [6, 6.07) is 4.70. The number of alkyl carbamates (subject to hydrolysis) is 1. The van der Waals surface area contributed by atoms with Crippen LogP contribution >= 0.6 is 11.8 Å². The number of carbonyl (C=O) groups excluding carboxylic acids is 2. The Kier molecular flexibility index (Phi) is 7.16. The fourth-order valence-corrected chi connectivity index (χ4v) is 4.88. The summed E-state index contributed by atoms with van der Waals surface area (Å²) in [5, 5.41) is 22.3. The van der Waals surface area contributed by atoms with Crippen LogP contribution < -0.4 is 5.32 Å². The molecule has 31 heavy (non-hydrogen) atoms. The van der Waals surface area contributed by atoms with Gasteiger partial charge in [-0.25, -0.2) is 9.59 Å². The predicted octanol–water partition coefficient (Wildman–Crippen LogP) is 3.02. The van der Waals surface area contributed by atoms with Crippen LogP contribution in [0.5, 0.6) is 0 Å². The minimum atomic E-state index is -1.13. The lowest BCUT2D eigenvalue weighted by Gasteiger charge is -2.49. The molecule has 1 saturated heterocycles. The van der Waals surface area contributed by atoms with Gasteiger partial charge in [-0.3, -0.25) is 19.8 Å². The van der Waals surface area contributed by atoms with Gasteiger partial charge in [0.2, 0.25) is 0 Å². The molecule has 3 rings (SSSR count). The highest BCUT2D eigenvalue weighted by Crippen LogP contribution is 2.41. The standard InChI is InChI=1S/C20H23N3O7S/c1-2-3-4-5-13-11-31-18-15(17(24)22(18)16(13)19(25)26)21-20(27)30-10-12-6-8-14(9-7-12)23(28)29/h6-9,15,18H,2-5,10-11H2,1H3,(H,21,27)(H,25,26)/t15?,18-/m1/s1. The lowest BCUT2D eigenvalue weighted by atomic mass is 10.00. The predicted molar refractivity (Wildman–Crippen MR) is 112 cm³/mol. The maximum Gasteiger partial charge on any atom is 0.408 e. The van der Waals surface area contributed by atoms with Gasteiger partial charge in [-0.2, -0.15) is 0 Å². The number of thioether (sulfide) groups is 1. The Balaban J connectivity index is 1.57. The molecule has 0 aliphatic carbocycles. The average molecular weight is 449 g/mol. The Labute approximate surface area is 182 Å². The molecule has 166 valence electrons. The third kappa shape index (κ3) is 4.98. The molecule has 2 N–H and O–H groups in total. The van der Waals surface area contributed by atoms with Crippen molar-refractivity contribution in [2.75, 3.05) is 5.75 Å². The Hall–Kier alpha value is -3.08. The number of fused-ring (bicyclic) bond motifs is 1. The van der Waals surface area contributed by atoms with Gasteiger partial charge in [-0.15, -0.1) is 11.8 Å². The number of amides is 2. The highest BCUT2D eigenvalue weighted by molar-refractivity contribution is 8.00. The number of nitrogens with zero attached hydrogens (tertiary/aromatic N) is 2. The van der Waals surface area contributed by atoms with Crippen LogP contribution in [0.1, 0.15) is 38.2 Å². The van der Waals surface area contributed by atoms with Crippen LogP contribution in [-0.2, 0) is 20.9 Å². The van der Waals surface area contributed by atoms with E-state index < -0.39 is 34.3 Å². The fourth-order valence-electron chi connectivity index (χ4n) is 3.49. The van der Waals surface area contributed by atoms with Crippen LogP contribution in [0.4, 0.5) is 10.5 Å². The number of ether oxygens (including phenoxy) is 1. The number of hydrogen-bond acceptors (Lipinski definition) is 7. The molecule has 0 bridgehead atoms. The Morgan fingerprint density at radius 3 is 2.65 bits per heavy atom. The molecule has 1 unspecified atom stereocenters. The molecule has 0 radical (unpaired) electrons. The maximum absolute atomic E-state index is 12.6. The zero-order chi connectivity index (χ0) is 22.5. The quantitative estimate of drug-likeness (QED) is 0.254. The number of benzene rings is 1. The normalized spacial score (nSPS) is 20.0. The van der Waals surface area contributed by atoms with Gasteiger partial charge in [0.05, 0.1) is 4.92 Å². The second-order valence-electron chi connectivity index (χ2n) is 7.25. The summed E-state index contributed by atoms with van der Waals surface area (Å²) in [4.78, 5) is 47.9. The van der Waals surface area contributed by atoms with E-state index in [1.54, 1.807) is 0 Å². The van der Waals surface area contributed by atoms with Crippen molar-refractivity contribution in [2.45, 2.75) is 50.6 Å².